The van der Waals surface area contributed by atoms with Crippen molar-refractivity contribution in [2.24, 2.45) is 0 Å². The molecular formula is C22H24N4O3. The van der Waals surface area contributed by atoms with E-state index in [0.717, 1.165) is 41.5 Å². The molecule has 0 spiro atoms. The number of fused-ring (bicyclic) bond motifs is 1. The normalized spacial score (nSPS) is 13.0. The van der Waals surface area contributed by atoms with Gasteiger partial charge in [-0.05, 0) is 41.8 Å². The molecule has 3 aromatic rings. The number of hydrogen-bond donors (Lipinski definition) is 1. The van der Waals surface area contributed by atoms with Gasteiger partial charge in [-0.2, -0.15) is 4.98 Å². The summed E-state index contributed by atoms with van der Waals surface area (Å²) in [6, 6.07) is 13.6. The summed E-state index contributed by atoms with van der Waals surface area (Å²) in [5.74, 6) is 3.29. The van der Waals surface area contributed by atoms with Crippen molar-refractivity contribution in [2.45, 2.75) is 13.0 Å². The number of nitrogen functional groups attached to an aromatic ring is 1. The van der Waals surface area contributed by atoms with Crippen LogP contribution in [0.25, 0.3) is 11.3 Å². The molecule has 1 aliphatic heterocycles. The molecule has 0 bridgehead atoms. The number of benzene rings is 2. The highest BCUT2D eigenvalue weighted by Crippen LogP contribution is 2.34. The highest BCUT2D eigenvalue weighted by atomic mass is 16.5. The van der Waals surface area contributed by atoms with Gasteiger partial charge in [-0.15, -0.1) is 0 Å². The van der Waals surface area contributed by atoms with E-state index in [-0.39, 0.29) is 0 Å². The predicted octanol–water partition coefficient (Wildman–Crippen LogP) is 3.31. The molecule has 1 aromatic heterocycles. The maximum atomic E-state index is 6.11. The molecule has 2 heterocycles. The van der Waals surface area contributed by atoms with Crippen LogP contribution < -0.4 is 24.8 Å². The van der Waals surface area contributed by atoms with Crippen LogP contribution in [0.2, 0.25) is 0 Å². The lowest BCUT2D eigenvalue weighted by molar-refractivity contribution is 0.353. The minimum Gasteiger partial charge on any atom is -0.497 e. The highest BCUT2D eigenvalue weighted by molar-refractivity contribution is 5.65. The third kappa shape index (κ3) is 3.76. The molecule has 0 aliphatic carbocycles. The number of ether oxygens (including phenoxy) is 3. The molecule has 0 saturated carbocycles. The first kappa shape index (κ1) is 18.9. The molecule has 2 aromatic carbocycles. The van der Waals surface area contributed by atoms with Gasteiger partial charge in [0.25, 0.3) is 0 Å². The third-order valence-corrected chi connectivity index (χ3v) is 5.10. The summed E-state index contributed by atoms with van der Waals surface area (Å²) in [4.78, 5) is 11.4. The summed E-state index contributed by atoms with van der Waals surface area (Å²) in [7, 11) is 4.94. The Morgan fingerprint density at radius 3 is 2.38 bits per heavy atom. The zero-order valence-corrected chi connectivity index (χ0v) is 16.8. The van der Waals surface area contributed by atoms with Crippen molar-refractivity contribution in [2.75, 3.05) is 38.5 Å². The Kier molecular flexibility index (Phi) is 5.12. The second kappa shape index (κ2) is 7.87. The van der Waals surface area contributed by atoms with Crippen LogP contribution in [0.5, 0.6) is 17.2 Å². The topological polar surface area (TPSA) is 82.7 Å². The molecule has 0 saturated heterocycles. The minimum atomic E-state index is 0.436. The first-order valence-corrected chi connectivity index (χ1v) is 9.39. The van der Waals surface area contributed by atoms with Crippen LogP contribution in [0.1, 0.15) is 11.1 Å². The Hall–Kier alpha value is -3.48. The smallest absolute Gasteiger partial charge is 0.228 e. The first-order chi connectivity index (χ1) is 14.1. The fraction of sp³-hybridized carbons (Fsp3) is 0.273. The molecule has 2 N–H and O–H groups in total. The van der Waals surface area contributed by atoms with Crippen molar-refractivity contribution >= 4 is 11.8 Å². The van der Waals surface area contributed by atoms with Gasteiger partial charge in [-0.3, -0.25) is 0 Å². The van der Waals surface area contributed by atoms with Crippen molar-refractivity contribution in [3.63, 3.8) is 0 Å². The maximum absolute atomic E-state index is 6.11. The van der Waals surface area contributed by atoms with Gasteiger partial charge >= 0.3 is 0 Å². The largest absolute Gasteiger partial charge is 0.497 e. The van der Waals surface area contributed by atoms with Crippen molar-refractivity contribution in [1.29, 1.82) is 0 Å². The zero-order valence-electron chi connectivity index (χ0n) is 16.8. The van der Waals surface area contributed by atoms with Gasteiger partial charge in [0.1, 0.15) is 11.6 Å². The van der Waals surface area contributed by atoms with E-state index in [0.29, 0.717) is 18.3 Å². The van der Waals surface area contributed by atoms with E-state index in [2.05, 4.69) is 9.88 Å². The quantitative estimate of drug-likeness (QED) is 0.713. The minimum absolute atomic E-state index is 0.436. The van der Waals surface area contributed by atoms with Crippen molar-refractivity contribution in [3.8, 4) is 28.5 Å². The summed E-state index contributed by atoms with van der Waals surface area (Å²) in [6.45, 7) is 1.47. The van der Waals surface area contributed by atoms with Gasteiger partial charge in [0.05, 0.1) is 27.0 Å². The number of anilines is 2. The van der Waals surface area contributed by atoms with Crippen LogP contribution in [0.4, 0.5) is 11.8 Å². The molecule has 4 rings (SSSR count). The lowest BCUT2D eigenvalue weighted by atomic mass is 9.99. The van der Waals surface area contributed by atoms with Crippen LogP contribution in [-0.2, 0) is 13.0 Å². The van der Waals surface area contributed by atoms with E-state index in [1.54, 1.807) is 27.4 Å². The highest BCUT2D eigenvalue weighted by Gasteiger charge is 2.22. The third-order valence-electron chi connectivity index (χ3n) is 5.10. The molecule has 7 heteroatoms. The van der Waals surface area contributed by atoms with Crippen molar-refractivity contribution in [3.05, 3.63) is 53.6 Å². The van der Waals surface area contributed by atoms with Crippen molar-refractivity contribution in [1.82, 2.24) is 9.97 Å². The van der Waals surface area contributed by atoms with Crippen LogP contribution in [0.3, 0.4) is 0 Å². The first-order valence-electron chi connectivity index (χ1n) is 9.39. The molecule has 0 radical (unpaired) electrons. The van der Waals surface area contributed by atoms with Crippen molar-refractivity contribution < 1.29 is 14.2 Å². The van der Waals surface area contributed by atoms with Gasteiger partial charge in [0, 0.05) is 24.7 Å². The predicted molar refractivity (Wildman–Crippen MR) is 113 cm³/mol. The Bertz CT molecular complexity index is 1040. The molecule has 0 amide bonds. The number of hydrogen-bond acceptors (Lipinski definition) is 7. The van der Waals surface area contributed by atoms with E-state index < -0.39 is 0 Å². The Balaban J connectivity index is 1.67. The second-order valence-corrected chi connectivity index (χ2v) is 6.86. The van der Waals surface area contributed by atoms with Gasteiger partial charge in [-0.1, -0.05) is 12.1 Å². The summed E-state index contributed by atoms with van der Waals surface area (Å²) in [5, 5.41) is 0. The Morgan fingerprint density at radius 1 is 0.897 bits per heavy atom. The van der Waals surface area contributed by atoms with E-state index in [9.17, 15) is 0 Å². The van der Waals surface area contributed by atoms with Gasteiger partial charge in [-0.25, -0.2) is 4.98 Å². The summed E-state index contributed by atoms with van der Waals surface area (Å²) in [6.07, 6.45) is 0.863. The number of rotatable bonds is 5. The van der Waals surface area contributed by atoms with E-state index in [1.165, 1.54) is 11.1 Å². The molecule has 29 heavy (non-hydrogen) atoms. The molecular weight excluding hydrogens is 368 g/mol. The second-order valence-electron chi connectivity index (χ2n) is 6.86. The van der Waals surface area contributed by atoms with E-state index in [1.807, 2.05) is 36.4 Å². The maximum Gasteiger partial charge on any atom is 0.228 e. The average Bonchev–Trinajstić information content (AvgIpc) is 2.77. The van der Waals surface area contributed by atoms with Gasteiger partial charge in [0.2, 0.25) is 5.95 Å². The Labute approximate surface area is 170 Å². The van der Waals surface area contributed by atoms with Gasteiger partial charge in [0.15, 0.2) is 11.5 Å². The van der Waals surface area contributed by atoms with Gasteiger partial charge < -0.3 is 24.8 Å². The monoisotopic (exact) mass is 392 g/mol. The molecule has 150 valence electrons. The number of aromatic nitrogens is 2. The average molecular weight is 392 g/mol. The fourth-order valence-corrected chi connectivity index (χ4v) is 3.58. The lowest BCUT2D eigenvalue weighted by Gasteiger charge is -2.30. The molecule has 1 aliphatic rings. The van der Waals surface area contributed by atoms with Crippen LogP contribution in [0, 0.1) is 0 Å². The molecule has 0 fully saturated rings. The summed E-state index contributed by atoms with van der Waals surface area (Å²) < 4.78 is 16.2. The number of nitrogens with zero attached hydrogens (tertiary/aromatic N) is 3. The fourth-order valence-electron chi connectivity index (χ4n) is 3.58. The summed E-state index contributed by atoms with van der Waals surface area (Å²) >= 11 is 0. The lowest BCUT2D eigenvalue weighted by Crippen LogP contribution is -2.32. The molecule has 7 nitrogen and oxygen atoms in total. The van der Waals surface area contributed by atoms with E-state index in [4.69, 9.17) is 24.9 Å². The van der Waals surface area contributed by atoms with Crippen LogP contribution in [-0.4, -0.2) is 37.8 Å². The SMILES string of the molecule is COc1cccc(-c2cc(N)nc(N3CCc4cc(OC)c(OC)cc4C3)n2)c1. The Morgan fingerprint density at radius 2 is 1.66 bits per heavy atom. The molecule has 0 unspecified atom stereocenters. The standard InChI is InChI=1S/C22H24N4O3/c1-27-17-6-4-5-15(9-17)18-12-21(23)25-22(24-18)26-8-7-14-10-19(28-2)20(29-3)11-16(14)13-26/h4-6,9-12H,7-8,13H2,1-3H3,(H2,23,24,25). The molecule has 0 atom stereocenters. The number of nitrogens with two attached hydrogens (primary N) is 1. The van der Waals surface area contributed by atoms with Crippen LogP contribution in [0.15, 0.2) is 42.5 Å². The zero-order chi connectivity index (χ0) is 20.4. The van der Waals surface area contributed by atoms with E-state index >= 15 is 0 Å². The van der Waals surface area contributed by atoms with Crippen LogP contribution >= 0.6 is 0 Å². The number of methoxy groups -OCH3 is 3. The summed E-state index contributed by atoms with van der Waals surface area (Å²) in [5.41, 5.74) is 10.2.